The van der Waals surface area contributed by atoms with Gasteiger partial charge in [-0.1, -0.05) is 48.7 Å². The summed E-state index contributed by atoms with van der Waals surface area (Å²) < 4.78 is 0. The number of aryl methyl sites for hydroxylation is 1. The molecule has 1 saturated heterocycles. The number of benzene rings is 1. The number of nitrogens with zero attached hydrogens (tertiary/aromatic N) is 1. The molecule has 3 atom stereocenters. The van der Waals surface area contributed by atoms with E-state index < -0.39 is 0 Å². The van der Waals surface area contributed by atoms with Crippen LogP contribution in [0.2, 0.25) is 10.0 Å². The van der Waals surface area contributed by atoms with E-state index in [1.54, 1.807) is 6.20 Å². The van der Waals surface area contributed by atoms with E-state index in [2.05, 4.69) is 23.3 Å². The molecular formula is C21H24Cl2N2O. The molecule has 3 rings (SSSR count). The number of amides is 1. The van der Waals surface area contributed by atoms with Gasteiger partial charge in [0, 0.05) is 35.3 Å². The molecule has 1 fully saturated rings. The standard InChI is InChI=1S/C21H24Cl2N2O/c1-2-14(6-8-18-9-7-17(23)13-24-18)21-19(10-11-20(26)25-21)15-4-3-5-16(22)12-15/h3-5,7,9,12-14,19,21H,2,6,8,10-11H2,1H3,(H,25,26)/t14?,19-,21+/m1/s1. The largest absolute Gasteiger partial charge is 0.352 e. The molecule has 1 aromatic carbocycles. The normalized spacial score (nSPS) is 21.3. The van der Waals surface area contributed by atoms with E-state index in [0.717, 1.165) is 36.4 Å². The Morgan fingerprint density at radius 3 is 2.77 bits per heavy atom. The van der Waals surface area contributed by atoms with Gasteiger partial charge in [0.15, 0.2) is 0 Å². The van der Waals surface area contributed by atoms with Crippen LogP contribution in [0.25, 0.3) is 0 Å². The predicted octanol–water partition coefficient (Wildman–Crippen LogP) is 5.41. The van der Waals surface area contributed by atoms with Gasteiger partial charge in [-0.25, -0.2) is 0 Å². The number of aromatic nitrogens is 1. The summed E-state index contributed by atoms with van der Waals surface area (Å²) >= 11 is 12.1. The molecule has 0 aliphatic carbocycles. The molecule has 138 valence electrons. The summed E-state index contributed by atoms with van der Waals surface area (Å²) in [5.74, 6) is 0.839. The highest BCUT2D eigenvalue weighted by Gasteiger charge is 2.34. The number of halogens is 2. The molecule has 1 aromatic heterocycles. The summed E-state index contributed by atoms with van der Waals surface area (Å²) in [4.78, 5) is 16.5. The van der Waals surface area contributed by atoms with Crippen molar-refractivity contribution in [3.05, 3.63) is 63.9 Å². The van der Waals surface area contributed by atoms with Gasteiger partial charge in [-0.2, -0.15) is 0 Å². The number of carbonyl (C=O) groups is 1. The first-order valence-corrected chi connectivity index (χ1v) is 9.97. The van der Waals surface area contributed by atoms with Gasteiger partial charge in [0.25, 0.3) is 0 Å². The molecule has 0 bridgehead atoms. The zero-order chi connectivity index (χ0) is 18.5. The monoisotopic (exact) mass is 390 g/mol. The Balaban J connectivity index is 1.76. The lowest BCUT2D eigenvalue weighted by atomic mass is 9.76. The second kappa shape index (κ2) is 8.88. The summed E-state index contributed by atoms with van der Waals surface area (Å²) in [6, 6.07) is 12.0. The minimum atomic E-state index is 0.131. The summed E-state index contributed by atoms with van der Waals surface area (Å²) in [7, 11) is 0. The van der Waals surface area contributed by atoms with Crippen LogP contribution in [0.1, 0.15) is 49.8 Å². The highest BCUT2D eigenvalue weighted by atomic mass is 35.5. The molecular weight excluding hydrogens is 367 g/mol. The van der Waals surface area contributed by atoms with Crippen molar-refractivity contribution in [1.29, 1.82) is 0 Å². The number of nitrogens with one attached hydrogen (secondary N) is 1. The highest BCUT2D eigenvalue weighted by Crippen LogP contribution is 2.35. The smallest absolute Gasteiger partial charge is 0.220 e. The maximum Gasteiger partial charge on any atom is 0.220 e. The number of rotatable bonds is 6. The highest BCUT2D eigenvalue weighted by molar-refractivity contribution is 6.30. The molecule has 1 aliphatic rings. The van der Waals surface area contributed by atoms with Crippen LogP contribution < -0.4 is 5.32 Å². The molecule has 0 saturated carbocycles. The van der Waals surface area contributed by atoms with Crippen LogP contribution in [-0.4, -0.2) is 16.9 Å². The third kappa shape index (κ3) is 4.77. The Morgan fingerprint density at radius 1 is 1.23 bits per heavy atom. The van der Waals surface area contributed by atoms with Crippen LogP contribution in [0.15, 0.2) is 42.6 Å². The Morgan fingerprint density at radius 2 is 2.08 bits per heavy atom. The van der Waals surface area contributed by atoms with Crippen molar-refractivity contribution < 1.29 is 4.79 Å². The van der Waals surface area contributed by atoms with Crippen molar-refractivity contribution in [2.24, 2.45) is 5.92 Å². The van der Waals surface area contributed by atoms with Gasteiger partial charge >= 0.3 is 0 Å². The molecule has 2 aromatic rings. The fraction of sp³-hybridized carbons (Fsp3) is 0.429. The van der Waals surface area contributed by atoms with Gasteiger partial charge in [0.2, 0.25) is 5.91 Å². The van der Waals surface area contributed by atoms with Crippen molar-refractivity contribution in [3.8, 4) is 0 Å². The molecule has 3 nitrogen and oxygen atoms in total. The molecule has 1 amide bonds. The molecule has 0 radical (unpaired) electrons. The van der Waals surface area contributed by atoms with Gasteiger partial charge in [0.1, 0.15) is 0 Å². The van der Waals surface area contributed by atoms with Crippen molar-refractivity contribution in [1.82, 2.24) is 10.3 Å². The SMILES string of the molecule is CCC(CCc1ccc(Cl)cn1)[C@@H]1NC(=O)CC[C@@H]1c1cccc(Cl)c1. The summed E-state index contributed by atoms with van der Waals surface area (Å²) in [5.41, 5.74) is 2.25. The molecule has 1 unspecified atom stereocenters. The molecule has 2 heterocycles. The lowest BCUT2D eigenvalue weighted by molar-refractivity contribution is -0.124. The zero-order valence-corrected chi connectivity index (χ0v) is 16.4. The Labute approximate surface area is 165 Å². The summed E-state index contributed by atoms with van der Waals surface area (Å²) in [6.45, 7) is 2.19. The van der Waals surface area contributed by atoms with E-state index >= 15 is 0 Å². The number of hydrogen-bond acceptors (Lipinski definition) is 2. The maximum absolute atomic E-state index is 12.1. The Kier molecular flexibility index (Phi) is 6.55. The number of pyridine rings is 1. The average Bonchev–Trinajstić information content (AvgIpc) is 2.64. The summed E-state index contributed by atoms with van der Waals surface area (Å²) in [5, 5.41) is 4.66. The van der Waals surface area contributed by atoms with E-state index in [0.29, 0.717) is 23.3 Å². The van der Waals surface area contributed by atoms with Gasteiger partial charge in [-0.3, -0.25) is 9.78 Å². The van der Waals surface area contributed by atoms with E-state index in [1.165, 1.54) is 5.56 Å². The Bertz CT molecular complexity index is 748. The second-order valence-electron chi connectivity index (χ2n) is 6.97. The first kappa shape index (κ1) is 19.2. The van der Waals surface area contributed by atoms with Gasteiger partial charge in [0.05, 0.1) is 5.02 Å². The van der Waals surface area contributed by atoms with Crippen LogP contribution in [0.4, 0.5) is 0 Å². The lowest BCUT2D eigenvalue weighted by Gasteiger charge is -2.38. The van der Waals surface area contributed by atoms with Crippen molar-refractivity contribution in [3.63, 3.8) is 0 Å². The fourth-order valence-electron chi connectivity index (χ4n) is 3.91. The lowest BCUT2D eigenvalue weighted by Crippen LogP contribution is -2.48. The summed E-state index contributed by atoms with van der Waals surface area (Å²) in [6.07, 6.45) is 6.00. The minimum Gasteiger partial charge on any atom is -0.352 e. The van der Waals surface area contributed by atoms with Crippen LogP contribution >= 0.6 is 23.2 Å². The number of carbonyl (C=O) groups excluding carboxylic acids is 1. The van der Waals surface area contributed by atoms with E-state index in [-0.39, 0.29) is 11.9 Å². The van der Waals surface area contributed by atoms with Crippen molar-refractivity contribution in [2.75, 3.05) is 0 Å². The van der Waals surface area contributed by atoms with E-state index in [4.69, 9.17) is 23.2 Å². The average molecular weight is 391 g/mol. The molecule has 5 heteroatoms. The van der Waals surface area contributed by atoms with Crippen molar-refractivity contribution >= 4 is 29.1 Å². The van der Waals surface area contributed by atoms with Gasteiger partial charge in [-0.05, 0) is 55.0 Å². The topological polar surface area (TPSA) is 42.0 Å². The van der Waals surface area contributed by atoms with Crippen molar-refractivity contribution in [2.45, 2.75) is 51.0 Å². The number of piperidine rings is 1. The van der Waals surface area contributed by atoms with Crippen LogP contribution in [-0.2, 0) is 11.2 Å². The molecule has 1 N–H and O–H groups in total. The minimum absolute atomic E-state index is 0.131. The van der Waals surface area contributed by atoms with Crippen LogP contribution in [0.3, 0.4) is 0 Å². The third-order valence-corrected chi connectivity index (χ3v) is 5.77. The molecule has 0 spiro atoms. The maximum atomic E-state index is 12.1. The first-order chi connectivity index (χ1) is 12.6. The first-order valence-electron chi connectivity index (χ1n) is 9.22. The zero-order valence-electron chi connectivity index (χ0n) is 14.9. The van der Waals surface area contributed by atoms with E-state index in [1.807, 2.05) is 30.3 Å². The predicted molar refractivity (Wildman–Crippen MR) is 107 cm³/mol. The second-order valence-corrected chi connectivity index (χ2v) is 7.84. The third-order valence-electron chi connectivity index (χ3n) is 5.31. The van der Waals surface area contributed by atoms with Crippen LogP contribution in [0, 0.1) is 5.92 Å². The quantitative estimate of drug-likeness (QED) is 0.716. The fourth-order valence-corrected chi connectivity index (χ4v) is 4.22. The molecule has 26 heavy (non-hydrogen) atoms. The molecule has 1 aliphatic heterocycles. The number of hydrogen-bond donors (Lipinski definition) is 1. The van der Waals surface area contributed by atoms with E-state index in [9.17, 15) is 4.79 Å². The van der Waals surface area contributed by atoms with Crippen LogP contribution in [0.5, 0.6) is 0 Å². The van der Waals surface area contributed by atoms with Gasteiger partial charge in [-0.15, -0.1) is 0 Å². The van der Waals surface area contributed by atoms with Gasteiger partial charge < -0.3 is 5.32 Å². The Hall–Kier alpha value is -1.58.